The normalized spacial score (nSPS) is 18.9. The Bertz CT molecular complexity index is 778. The third-order valence-corrected chi connectivity index (χ3v) is 5.56. The number of halogens is 6. The molecule has 3 rings (SSSR count). The van der Waals surface area contributed by atoms with Crippen molar-refractivity contribution < 1.29 is 35.9 Å². The van der Waals surface area contributed by atoms with Crippen LogP contribution in [-0.4, -0.2) is 72.3 Å². The topological polar surface area (TPSA) is 43.9 Å². The van der Waals surface area contributed by atoms with Crippen LogP contribution in [0.4, 0.5) is 26.3 Å². The zero-order chi connectivity index (χ0) is 22.8. The van der Waals surface area contributed by atoms with Crippen molar-refractivity contribution >= 4 is 11.8 Å². The first-order valence-corrected chi connectivity index (χ1v) is 10.0. The summed E-state index contributed by atoms with van der Waals surface area (Å²) in [6, 6.07) is 0.897. The molecule has 0 aliphatic carbocycles. The molecule has 2 saturated heterocycles. The van der Waals surface area contributed by atoms with Crippen LogP contribution >= 0.6 is 0 Å². The maximum absolute atomic E-state index is 13.0. The number of nitrogens with zero attached hydrogens (tertiary/aromatic N) is 3. The Labute approximate surface area is 175 Å². The van der Waals surface area contributed by atoms with Crippen LogP contribution in [0.25, 0.3) is 0 Å². The van der Waals surface area contributed by atoms with Crippen LogP contribution in [0.2, 0.25) is 0 Å². The van der Waals surface area contributed by atoms with Gasteiger partial charge in [0.25, 0.3) is 5.91 Å². The second-order valence-electron chi connectivity index (χ2n) is 7.80. The Balaban J connectivity index is 1.65. The zero-order valence-electron chi connectivity index (χ0n) is 16.7. The van der Waals surface area contributed by atoms with Crippen molar-refractivity contribution in [3.63, 3.8) is 0 Å². The van der Waals surface area contributed by atoms with Gasteiger partial charge in [-0.3, -0.25) is 14.5 Å². The third kappa shape index (κ3) is 5.90. The highest BCUT2D eigenvalue weighted by molar-refractivity contribution is 5.94. The second-order valence-corrected chi connectivity index (χ2v) is 7.80. The molecule has 11 heteroatoms. The first-order valence-electron chi connectivity index (χ1n) is 10.0. The molecule has 2 amide bonds. The van der Waals surface area contributed by atoms with E-state index in [1.165, 1.54) is 4.90 Å². The van der Waals surface area contributed by atoms with Crippen molar-refractivity contribution in [1.29, 1.82) is 0 Å². The average molecular weight is 451 g/mol. The van der Waals surface area contributed by atoms with Gasteiger partial charge in [0.05, 0.1) is 17.7 Å². The fraction of sp³-hybridized carbons (Fsp3) is 0.600. The van der Waals surface area contributed by atoms with Crippen LogP contribution in [-0.2, 0) is 17.1 Å². The van der Waals surface area contributed by atoms with Gasteiger partial charge in [-0.2, -0.15) is 26.3 Å². The number of piperidine rings is 1. The Kier molecular flexibility index (Phi) is 6.82. The molecule has 0 atom stereocenters. The standard InChI is InChI=1S/C20H23F6N3O2/c21-19(22,23)15-10-14(11-16(12-15)20(24,25)26)18(31)29-8-6-27(7-9-29)13-17(30)28-4-2-1-3-5-28/h10-12H,1-9,13H2. The van der Waals surface area contributed by atoms with Crippen LogP contribution in [0.15, 0.2) is 18.2 Å². The Hall–Kier alpha value is -2.30. The molecule has 2 heterocycles. The van der Waals surface area contributed by atoms with Gasteiger partial charge in [0.2, 0.25) is 5.91 Å². The van der Waals surface area contributed by atoms with E-state index in [9.17, 15) is 35.9 Å². The fourth-order valence-corrected chi connectivity index (χ4v) is 3.80. The first kappa shape index (κ1) is 23.4. The number of carbonyl (C=O) groups is 2. The smallest absolute Gasteiger partial charge is 0.342 e. The largest absolute Gasteiger partial charge is 0.416 e. The molecule has 0 spiro atoms. The predicted octanol–water partition coefficient (Wildman–Crippen LogP) is 3.49. The van der Waals surface area contributed by atoms with E-state index in [0.29, 0.717) is 38.3 Å². The van der Waals surface area contributed by atoms with Gasteiger partial charge in [0.1, 0.15) is 0 Å². The third-order valence-electron chi connectivity index (χ3n) is 5.56. The Morgan fingerprint density at radius 2 is 1.23 bits per heavy atom. The molecule has 1 aromatic carbocycles. The number of hydrogen-bond donors (Lipinski definition) is 0. The molecule has 5 nitrogen and oxygen atoms in total. The van der Waals surface area contributed by atoms with E-state index in [2.05, 4.69) is 0 Å². The number of benzene rings is 1. The molecule has 0 aromatic heterocycles. The first-order chi connectivity index (χ1) is 14.4. The van der Waals surface area contributed by atoms with Gasteiger partial charge in [0.15, 0.2) is 0 Å². The predicted molar refractivity (Wildman–Crippen MR) is 99.2 cm³/mol. The van der Waals surface area contributed by atoms with E-state index in [4.69, 9.17) is 0 Å². The molecule has 0 N–H and O–H groups in total. The number of piperazine rings is 1. The van der Waals surface area contributed by atoms with E-state index >= 15 is 0 Å². The van der Waals surface area contributed by atoms with Gasteiger partial charge in [-0.05, 0) is 37.5 Å². The van der Waals surface area contributed by atoms with Crippen molar-refractivity contribution in [2.45, 2.75) is 31.6 Å². The zero-order valence-corrected chi connectivity index (χ0v) is 16.7. The lowest BCUT2D eigenvalue weighted by atomic mass is 10.0. The summed E-state index contributed by atoms with van der Waals surface area (Å²) in [6.07, 6.45) is -7.00. The van der Waals surface area contributed by atoms with Crippen LogP contribution in [0.3, 0.4) is 0 Å². The highest BCUT2D eigenvalue weighted by Crippen LogP contribution is 2.36. The lowest BCUT2D eigenvalue weighted by Crippen LogP contribution is -2.52. The van der Waals surface area contributed by atoms with E-state index in [1.54, 1.807) is 4.90 Å². The molecule has 2 aliphatic rings. The molecule has 0 bridgehead atoms. The van der Waals surface area contributed by atoms with Gasteiger partial charge in [0, 0.05) is 44.8 Å². The molecule has 2 aliphatic heterocycles. The Morgan fingerprint density at radius 3 is 1.71 bits per heavy atom. The number of hydrogen-bond acceptors (Lipinski definition) is 3. The van der Waals surface area contributed by atoms with E-state index in [1.807, 2.05) is 4.90 Å². The summed E-state index contributed by atoms with van der Waals surface area (Å²) >= 11 is 0. The van der Waals surface area contributed by atoms with E-state index in [-0.39, 0.29) is 31.6 Å². The second kappa shape index (κ2) is 9.05. The summed E-state index contributed by atoms with van der Waals surface area (Å²) in [5.41, 5.74) is -3.69. The molecular weight excluding hydrogens is 428 g/mol. The van der Waals surface area contributed by atoms with Gasteiger partial charge < -0.3 is 9.80 Å². The summed E-state index contributed by atoms with van der Waals surface area (Å²) in [5.74, 6) is -0.897. The number of amides is 2. The Morgan fingerprint density at radius 1 is 0.710 bits per heavy atom. The van der Waals surface area contributed by atoms with Crippen molar-refractivity contribution in [2.75, 3.05) is 45.8 Å². The summed E-state index contributed by atoms with van der Waals surface area (Å²) in [5, 5.41) is 0. The summed E-state index contributed by atoms with van der Waals surface area (Å²) < 4.78 is 78.2. The molecule has 31 heavy (non-hydrogen) atoms. The number of carbonyl (C=O) groups excluding carboxylic acids is 2. The van der Waals surface area contributed by atoms with Crippen molar-refractivity contribution in [3.8, 4) is 0 Å². The highest BCUT2D eigenvalue weighted by atomic mass is 19.4. The van der Waals surface area contributed by atoms with Crippen molar-refractivity contribution in [3.05, 3.63) is 34.9 Å². The van der Waals surface area contributed by atoms with Gasteiger partial charge in [-0.1, -0.05) is 0 Å². The quantitative estimate of drug-likeness (QED) is 0.661. The monoisotopic (exact) mass is 451 g/mol. The lowest BCUT2D eigenvalue weighted by molar-refractivity contribution is -0.143. The van der Waals surface area contributed by atoms with Crippen LogP contribution < -0.4 is 0 Å². The SMILES string of the molecule is O=C(CN1CCN(C(=O)c2cc(C(F)(F)F)cc(C(F)(F)F)c2)CC1)N1CCCCC1. The summed E-state index contributed by atoms with van der Waals surface area (Å²) in [6.45, 7) is 2.48. The minimum absolute atomic E-state index is 0.000918. The van der Waals surface area contributed by atoms with Gasteiger partial charge in [-0.25, -0.2) is 0 Å². The maximum atomic E-state index is 13.0. The highest BCUT2D eigenvalue weighted by Gasteiger charge is 2.38. The van der Waals surface area contributed by atoms with Crippen LogP contribution in [0.5, 0.6) is 0 Å². The maximum Gasteiger partial charge on any atom is 0.416 e. The average Bonchev–Trinajstić information content (AvgIpc) is 2.73. The molecule has 2 fully saturated rings. The molecular formula is C20H23F6N3O2. The lowest BCUT2D eigenvalue weighted by Gasteiger charge is -2.36. The molecule has 1 aromatic rings. The molecule has 0 saturated carbocycles. The van der Waals surface area contributed by atoms with Gasteiger partial charge in [-0.15, -0.1) is 0 Å². The van der Waals surface area contributed by atoms with E-state index in [0.717, 1.165) is 19.3 Å². The van der Waals surface area contributed by atoms with Crippen molar-refractivity contribution in [2.24, 2.45) is 0 Å². The van der Waals surface area contributed by atoms with E-state index < -0.39 is 35.0 Å². The molecule has 0 unspecified atom stereocenters. The van der Waals surface area contributed by atoms with Gasteiger partial charge >= 0.3 is 12.4 Å². The van der Waals surface area contributed by atoms with Crippen molar-refractivity contribution in [1.82, 2.24) is 14.7 Å². The summed E-state index contributed by atoms with van der Waals surface area (Å²) in [7, 11) is 0. The van der Waals surface area contributed by atoms with Crippen LogP contribution in [0.1, 0.15) is 40.7 Å². The number of alkyl halides is 6. The molecule has 0 radical (unpaired) electrons. The summed E-state index contributed by atoms with van der Waals surface area (Å²) in [4.78, 5) is 29.8. The minimum atomic E-state index is -5.01. The number of rotatable bonds is 3. The fourth-order valence-electron chi connectivity index (χ4n) is 3.80. The minimum Gasteiger partial charge on any atom is -0.342 e. The molecule has 172 valence electrons. The number of likely N-dealkylation sites (tertiary alicyclic amines) is 1. The van der Waals surface area contributed by atoms with Crippen LogP contribution in [0, 0.1) is 0 Å².